The third-order valence-corrected chi connectivity index (χ3v) is 4.65. The Bertz CT molecular complexity index is 1020. The van der Waals surface area contributed by atoms with Crippen molar-refractivity contribution in [1.82, 2.24) is 5.43 Å². The van der Waals surface area contributed by atoms with Crippen LogP contribution in [0, 0.1) is 0 Å². The maximum atomic E-state index is 12.7. The molecule has 31 heavy (non-hydrogen) atoms. The van der Waals surface area contributed by atoms with Crippen LogP contribution < -0.4 is 24.6 Å². The molecule has 3 aromatic carbocycles. The van der Waals surface area contributed by atoms with Crippen LogP contribution in [0.1, 0.15) is 11.1 Å². The topological polar surface area (TPSA) is 60.0 Å². The molecule has 0 unspecified atom stereocenters. The molecule has 0 saturated heterocycles. The van der Waals surface area contributed by atoms with E-state index < -0.39 is 0 Å². The van der Waals surface area contributed by atoms with Gasteiger partial charge >= 0.3 is 0 Å². The monoisotopic (exact) mass is 418 g/mol. The predicted octanol–water partition coefficient (Wildman–Crippen LogP) is 4.46. The highest BCUT2D eigenvalue weighted by Crippen LogP contribution is 2.35. The molecule has 6 heteroatoms. The van der Waals surface area contributed by atoms with E-state index in [1.54, 1.807) is 39.5 Å². The van der Waals surface area contributed by atoms with E-state index in [2.05, 4.69) is 5.43 Å². The molecule has 160 valence electrons. The van der Waals surface area contributed by atoms with Crippen molar-refractivity contribution >= 4 is 17.7 Å². The number of anilines is 1. The smallest absolute Gasteiger partial charge is 0.262 e. The number of hydrogen-bond acceptors (Lipinski definition) is 5. The Labute approximate surface area is 182 Å². The average molecular weight is 418 g/mol. The molecule has 0 bridgehead atoms. The van der Waals surface area contributed by atoms with Crippen LogP contribution in [0.3, 0.4) is 0 Å². The highest BCUT2D eigenvalue weighted by atomic mass is 16.5. The maximum absolute atomic E-state index is 12.7. The Hall–Kier alpha value is -3.93. The molecule has 0 aliphatic heterocycles. The number of amides is 1. The summed E-state index contributed by atoms with van der Waals surface area (Å²) in [7, 11) is 4.69. The molecule has 0 aromatic heterocycles. The van der Waals surface area contributed by atoms with Gasteiger partial charge in [-0.25, -0.2) is 0 Å². The molecule has 0 heterocycles. The second-order valence-corrected chi connectivity index (χ2v) is 6.67. The lowest BCUT2D eigenvalue weighted by atomic mass is 10.1. The summed E-state index contributed by atoms with van der Waals surface area (Å²) in [6.45, 7) is 0.532. The molecule has 6 nitrogen and oxygen atoms in total. The summed E-state index contributed by atoms with van der Waals surface area (Å²) >= 11 is 0. The lowest BCUT2D eigenvalue weighted by Gasteiger charge is -2.25. The molecule has 3 rings (SSSR count). The average Bonchev–Trinajstić information content (AvgIpc) is 2.82. The van der Waals surface area contributed by atoms with Gasteiger partial charge in [0, 0.05) is 17.7 Å². The molecule has 3 aromatic rings. The molecule has 0 aliphatic rings. The molecule has 1 N–H and O–H groups in total. The number of carbonyl (C=O) groups excluding carboxylic acids is 1. The standard InChI is InChI=1S/C25H26N2O4/c1-29-22-17-24(31-3)23(30-2)16-20(22)14-15-25(28)26-27(21-12-8-5-9-13-21)18-19-10-6-4-7-11-19/h4-17H,18H2,1-3H3,(H,26,28)/b15-14+. The molecule has 0 radical (unpaired) electrons. The van der Waals surface area contributed by atoms with Crippen molar-refractivity contribution < 1.29 is 19.0 Å². The normalized spacial score (nSPS) is 10.5. The summed E-state index contributed by atoms with van der Waals surface area (Å²) in [6, 6.07) is 23.2. The third-order valence-electron chi connectivity index (χ3n) is 4.65. The van der Waals surface area contributed by atoms with E-state index in [0.29, 0.717) is 29.4 Å². The van der Waals surface area contributed by atoms with Crippen LogP contribution in [0.5, 0.6) is 17.2 Å². The van der Waals surface area contributed by atoms with Crippen LogP contribution >= 0.6 is 0 Å². The first-order valence-electron chi connectivity index (χ1n) is 9.79. The zero-order valence-electron chi connectivity index (χ0n) is 17.9. The number of nitrogens with one attached hydrogen (secondary N) is 1. The second-order valence-electron chi connectivity index (χ2n) is 6.67. The van der Waals surface area contributed by atoms with E-state index in [4.69, 9.17) is 14.2 Å². The van der Waals surface area contributed by atoms with E-state index in [1.165, 1.54) is 6.08 Å². The van der Waals surface area contributed by atoms with E-state index in [0.717, 1.165) is 11.3 Å². The minimum Gasteiger partial charge on any atom is -0.496 e. The van der Waals surface area contributed by atoms with Gasteiger partial charge in [-0.05, 0) is 29.8 Å². The van der Waals surface area contributed by atoms with Crippen molar-refractivity contribution in [1.29, 1.82) is 0 Å². The SMILES string of the molecule is COc1cc(OC)c(OC)cc1/C=C/C(=O)NN(Cc1ccccc1)c1ccccc1. The van der Waals surface area contributed by atoms with Gasteiger partial charge in [0.05, 0.1) is 33.6 Å². The number of hydrogen-bond donors (Lipinski definition) is 1. The number of hydrazine groups is 1. The Morgan fingerprint density at radius 3 is 2.03 bits per heavy atom. The van der Waals surface area contributed by atoms with Gasteiger partial charge in [0.25, 0.3) is 5.91 Å². The van der Waals surface area contributed by atoms with Gasteiger partial charge in [0.2, 0.25) is 0 Å². The zero-order chi connectivity index (χ0) is 22.1. The Morgan fingerprint density at radius 1 is 0.839 bits per heavy atom. The molecule has 0 saturated carbocycles. The first kappa shape index (κ1) is 21.8. The van der Waals surface area contributed by atoms with Gasteiger partial charge in [-0.1, -0.05) is 48.5 Å². The van der Waals surface area contributed by atoms with E-state index in [-0.39, 0.29) is 5.91 Å². The quantitative estimate of drug-likeness (QED) is 0.411. The molecule has 0 fully saturated rings. The van der Waals surface area contributed by atoms with E-state index in [1.807, 2.05) is 65.7 Å². The first-order valence-corrected chi connectivity index (χ1v) is 9.79. The van der Waals surface area contributed by atoms with Crippen molar-refractivity contribution in [3.63, 3.8) is 0 Å². The Morgan fingerprint density at radius 2 is 1.42 bits per heavy atom. The van der Waals surface area contributed by atoms with Crippen LogP contribution in [0.25, 0.3) is 6.08 Å². The molecular weight excluding hydrogens is 392 g/mol. The van der Waals surface area contributed by atoms with Crippen LogP contribution in [0.4, 0.5) is 5.69 Å². The van der Waals surface area contributed by atoms with Crippen LogP contribution in [0.15, 0.2) is 78.9 Å². The third kappa shape index (κ3) is 5.79. The predicted molar refractivity (Wildman–Crippen MR) is 122 cm³/mol. The summed E-state index contributed by atoms with van der Waals surface area (Å²) in [5.41, 5.74) is 5.62. The largest absolute Gasteiger partial charge is 0.496 e. The minimum absolute atomic E-state index is 0.267. The zero-order valence-corrected chi connectivity index (χ0v) is 17.9. The Balaban J connectivity index is 1.80. The molecule has 0 aliphatic carbocycles. The Kier molecular flexibility index (Phi) is 7.54. The summed E-state index contributed by atoms with van der Waals surface area (Å²) < 4.78 is 16.1. The number of carbonyl (C=O) groups is 1. The van der Waals surface area contributed by atoms with Crippen LogP contribution in [-0.2, 0) is 11.3 Å². The number of ether oxygens (including phenoxy) is 3. The fraction of sp³-hybridized carbons (Fsp3) is 0.160. The van der Waals surface area contributed by atoms with Crippen LogP contribution in [-0.4, -0.2) is 27.2 Å². The summed E-state index contributed by atoms with van der Waals surface area (Å²) in [6.07, 6.45) is 3.15. The summed E-state index contributed by atoms with van der Waals surface area (Å²) in [5, 5.41) is 1.81. The van der Waals surface area contributed by atoms with Crippen molar-refractivity contribution in [2.75, 3.05) is 26.3 Å². The number of rotatable bonds is 9. The van der Waals surface area contributed by atoms with Crippen molar-refractivity contribution in [3.8, 4) is 17.2 Å². The van der Waals surface area contributed by atoms with Crippen molar-refractivity contribution in [2.45, 2.75) is 6.54 Å². The lowest BCUT2D eigenvalue weighted by Crippen LogP contribution is -2.41. The number of benzene rings is 3. The number of methoxy groups -OCH3 is 3. The second kappa shape index (κ2) is 10.7. The van der Waals surface area contributed by atoms with Crippen molar-refractivity contribution in [3.05, 3.63) is 90.0 Å². The minimum atomic E-state index is -0.267. The van der Waals surface area contributed by atoms with E-state index >= 15 is 0 Å². The summed E-state index contributed by atoms with van der Waals surface area (Å²) in [5.74, 6) is 1.42. The number of para-hydroxylation sites is 1. The molecule has 0 atom stereocenters. The van der Waals surface area contributed by atoms with Gasteiger partial charge in [-0.2, -0.15) is 0 Å². The van der Waals surface area contributed by atoms with Gasteiger partial charge in [-0.15, -0.1) is 0 Å². The van der Waals surface area contributed by atoms with Gasteiger partial charge in [0.15, 0.2) is 11.5 Å². The van der Waals surface area contributed by atoms with Gasteiger partial charge < -0.3 is 14.2 Å². The first-order chi connectivity index (χ1) is 15.1. The fourth-order valence-electron chi connectivity index (χ4n) is 3.09. The lowest BCUT2D eigenvalue weighted by molar-refractivity contribution is -0.116. The highest BCUT2D eigenvalue weighted by molar-refractivity contribution is 5.93. The number of nitrogens with zero attached hydrogens (tertiary/aromatic N) is 1. The molecule has 1 amide bonds. The van der Waals surface area contributed by atoms with E-state index in [9.17, 15) is 4.79 Å². The van der Waals surface area contributed by atoms with Crippen molar-refractivity contribution in [2.24, 2.45) is 0 Å². The van der Waals surface area contributed by atoms with Gasteiger partial charge in [-0.3, -0.25) is 15.2 Å². The van der Waals surface area contributed by atoms with Gasteiger partial charge in [0.1, 0.15) is 5.75 Å². The molecule has 0 spiro atoms. The fourth-order valence-corrected chi connectivity index (χ4v) is 3.09. The summed E-state index contributed by atoms with van der Waals surface area (Å²) in [4.78, 5) is 12.7. The van der Waals surface area contributed by atoms with Crippen LogP contribution in [0.2, 0.25) is 0 Å². The highest BCUT2D eigenvalue weighted by Gasteiger charge is 2.12. The maximum Gasteiger partial charge on any atom is 0.262 e. The molecular formula is C25H26N2O4.